The van der Waals surface area contributed by atoms with Crippen LogP contribution in [-0.2, 0) is 16.4 Å². The van der Waals surface area contributed by atoms with E-state index in [0.29, 0.717) is 29.2 Å². The van der Waals surface area contributed by atoms with Gasteiger partial charge in [-0.25, -0.2) is 18.1 Å². The van der Waals surface area contributed by atoms with Gasteiger partial charge in [0.15, 0.2) is 0 Å². The van der Waals surface area contributed by atoms with Crippen molar-refractivity contribution in [1.29, 1.82) is 0 Å². The SMILES string of the molecule is CN(CCc1ccccn1)c1nc(NC[C@H]2CC[C@H](CNS(=O)(=O)c3cccc4ccccc34)CC2)nc2ccccc12. The molecular weight excluding hydrogens is 556 g/mol. The molecule has 1 aliphatic rings. The maximum atomic E-state index is 13.2. The second-order valence-corrected chi connectivity index (χ2v) is 13.2. The van der Waals surface area contributed by atoms with Crippen LogP contribution in [0.5, 0.6) is 0 Å². The van der Waals surface area contributed by atoms with Crippen LogP contribution in [0.15, 0.2) is 96.0 Å². The fourth-order valence-corrected chi connectivity index (χ4v) is 7.32. The Balaban J connectivity index is 1.04. The molecule has 2 aromatic heterocycles. The van der Waals surface area contributed by atoms with Crippen molar-refractivity contribution < 1.29 is 8.42 Å². The van der Waals surface area contributed by atoms with E-state index in [-0.39, 0.29) is 0 Å². The topological polar surface area (TPSA) is 100 Å². The van der Waals surface area contributed by atoms with E-state index in [1.54, 1.807) is 12.1 Å². The molecule has 0 aliphatic heterocycles. The average Bonchev–Trinajstić information content (AvgIpc) is 3.05. The number of anilines is 2. The first-order chi connectivity index (χ1) is 21.0. The summed E-state index contributed by atoms with van der Waals surface area (Å²) < 4.78 is 29.2. The van der Waals surface area contributed by atoms with Crippen molar-refractivity contribution in [3.8, 4) is 0 Å². The summed E-state index contributed by atoms with van der Waals surface area (Å²) in [7, 11) is -1.51. The van der Waals surface area contributed by atoms with Gasteiger partial charge in [-0.1, -0.05) is 54.6 Å². The molecule has 0 atom stereocenters. The molecule has 1 fully saturated rings. The number of fused-ring (bicyclic) bond motifs is 2. The maximum Gasteiger partial charge on any atom is 0.241 e. The molecule has 5 aromatic rings. The van der Waals surface area contributed by atoms with Gasteiger partial charge >= 0.3 is 0 Å². The molecule has 43 heavy (non-hydrogen) atoms. The fourth-order valence-electron chi connectivity index (χ4n) is 5.97. The van der Waals surface area contributed by atoms with Crippen LogP contribution >= 0.6 is 0 Å². The molecule has 3 aromatic carbocycles. The van der Waals surface area contributed by atoms with E-state index in [0.717, 1.165) is 78.4 Å². The van der Waals surface area contributed by atoms with Gasteiger partial charge < -0.3 is 10.2 Å². The van der Waals surface area contributed by atoms with Crippen LogP contribution in [0.4, 0.5) is 11.8 Å². The molecule has 222 valence electrons. The van der Waals surface area contributed by atoms with Crippen LogP contribution in [0.25, 0.3) is 21.7 Å². The summed E-state index contributed by atoms with van der Waals surface area (Å²) in [6, 6.07) is 27.2. The molecule has 0 amide bonds. The highest BCUT2D eigenvalue weighted by atomic mass is 32.2. The molecule has 1 saturated carbocycles. The summed E-state index contributed by atoms with van der Waals surface area (Å²) in [5.41, 5.74) is 1.98. The lowest BCUT2D eigenvalue weighted by Gasteiger charge is -2.29. The Morgan fingerprint density at radius 3 is 2.28 bits per heavy atom. The van der Waals surface area contributed by atoms with Crippen LogP contribution < -0.4 is 14.9 Å². The second-order valence-electron chi connectivity index (χ2n) is 11.5. The molecule has 0 radical (unpaired) electrons. The fraction of sp³-hybridized carbons (Fsp3) is 0.324. The molecular formula is C34H38N6O2S. The Labute approximate surface area is 253 Å². The molecule has 1 aliphatic carbocycles. The van der Waals surface area contributed by atoms with Gasteiger partial charge in [-0.3, -0.25) is 4.98 Å². The predicted molar refractivity (Wildman–Crippen MR) is 174 cm³/mol. The van der Waals surface area contributed by atoms with Crippen molar-refractivity contribution in [3.63, 3.8) is 0 Å². The highest BCUT2D eigenvalue weighted by molar-refractivity contribution is 7.89. The number of para-hydroxylation sites is 1. The summed E-state index contributed by atoms with van der Waals surface area (Å²) in [4.78, 5) is 16.7. The number of hydrogen-bond donors (Lipinski definition) is 2. The Hall–Kier alpha value is -4.08. The van der Waals surface area contributed by atoms with E-state index < -0.39 is 10.0 Å². The first kappa shape index (κ1) is 29.0. The van der Waals surface area contributed by atoms with Gasteiger partial charge in [0.2, 0.25) is 16.0 Å². The lowest BCUT2D eigenvalue weighted by atomic mass is 9.82. The van der Waals surface area contributed by atoms with Crippen molar-refractivity contribution in [2.24, 2.45) is 11.8 Å². The van der Waals surface area contributed by atoms with Gasteiger partial charge in [0.25, 0.3) is 0 Å². The van der Waals surface area contributed by atoms with E-state index in [1.165, 1.54) is 0 Å². The highest BCUT2D eigenvalue weighted by Crippen LogP contribution is 2.30. The zero-order valence-corrected chi connectivity index (χ0v) is 25.3. The Morgan fingerprint density at radius 1 is 0.791 bits per heavy atom. The first-order valence-electron chi connectivity index (χ1n) is 15.1. The minimum Gasteiger partial charge on any atom is -0.359 e. The van der Waals surface area contributed by atoms with Gasteiger partial charge in [-0.05, 0) is 73.2 Å². The monoisotopic (exact) mass is 594 g/mol. The summed E-state index contributed by atoms with van der Waals surface area (Å²) >= 11 is 0. The first-order valence-corrected chi connectivity index (χ1v) is 16.5. The van der Waals surface area contributed by atoms with E-state index >= 15 is 0 Å². The molecule has 2 N–H and O–H groups in total. The molecule has 0 bridgehead atoms. The molecule has 8 nitrogen and oxygen atoms in total. The number of rotatable bonds is 11. The lowest BCUT2D eigenvalue weighted by molar-refractivity contribution is 0.284. The normalized spacial score (nSPS) is 17.2. The Kier molecular flexibility index (Phi) is 8.81. The zero-order valence-electron chi connectivity index (χ0n) is 24.5. The summed E-state index contributed by atoms with van der Waals surface area (Å²) in [5.74, 6) is 2.37. The van der Waals surface area contributed by atoms with Gasteiger partial charge in [0.05, 0.1) is 10.4 Å². The number of nitrogens with zero attached hydrogens (tertiary/aromatic N) is 4. The van der Waals surface area contributed by atoms with Crippen LogP contribution in [-0.4, -0.2) is 50.1 Å². The number of aromatic nitrogens is 3. The summed E-state index contributed by atoms with van der Waals surface area (Å²) in [5, 5.41) is 6.23. The van der Waals surface area contributed by atoms with E-state index in [1.807, 2.05) is 72.9 Å². The van der Waals surface area contributed by atoms with E-state index in [4.69, 9.17) is 9.97 Å². The molecule has 0 spiro atoms. The summed E-state index contributed by atoms with van der Waals surface area (Å²) in [6.45, 7) is 2.06. The number of sulfonamides is 1. The average molecular weight is 595 g/mol. The van der Waals surface area contributed by atoms with Crippen molar-refractivity contribution in [2.75, 3.05) is 36.9 Å². The lowest BCUT2D eigenvalue weighted by Crippen LogP contribution is -2.32. The minimum atomic E-state index is -3.58. The van der Waals surface area contributed by atoms with Gasteiger partial charge in [0.1, 0.15) is 5.82 Å². The van der Waals surface area contributed by atoms with Gasteiger partial charge in [-0.2, -0.15) is 4.98 Å². The third kappa shape index (κ3) is 6.95. The van der Waals surface area contributed by atoms with Crippen molar-refractivity contribution >= 4 is 43.5 Å². The van der Waals surface area contributed by atoms with Crippen LogP contribution in [0, 0.1) is 11.8 Å². The molecule has 6 rings (SSSR count). The number of hydrogen-bond acceptors (Lipinski definition) is 7. The zero-order chi connectivity index (χ0) is 29.6. The molecule has 2 heterocycles. The Bertz CT molecular complexity index is 1780. The van der Waals surface area contributed by atoms with Gasteiger partial charge in [-0.15, -0.1) is 0 Å². The number of benzene rings is 3. The quantitative estimate of drug-likeness (QED) is 0.192. The minimum absolute atomic E-state index is 0.331. The smallest absolute Gasteiger partial charge is 0.241 e. The van der Waals surface area contributed by atoms with Crippen LogP contribution in [0.1, 0.15) is 31.4 Å². The van der Waals surface area contributed by atoms with Crippen LogP contribution in [0.3, 0.4) is 0 Å². The number of pyridine rings is 1. The molecule has 9 heteroatoms. The summed E-state index contributed by atoms with van der Waals surface area (Å²) in [6.07, 6.45) is 6.72. The van der Waals surface area contributed by atoms with Crippen molar-refractivity contribution in [1.82, 2.24) is 19.7 Å². The largest absolute Gasteiger partial charge is 0.359 e. The van der Waals surface area contributed by atoms with E-state index in [2.05, 4.69) is 33.0 Å². The second kappa shape index (κ2) is 13.1. The maximum absolute atomic E-state index is 13.2. The van der Waals surface area contributed by atoms with Gasteiger partial charge in [0, 0.05) is 55.8 Å². The van der Waals surface area contributed by atoms with Crippen molar-refractivity contribution in [3.05, 3.63) is 96.8 Å². The third-order valence-electron chi connectivity index (χ3n) is 8.49. The molecule has 0 saturated heterocycles. The van der Waals surface area contributed by atoms with Crippen LogP contribution in [0.2, 0.25) is 0 Å². The predicted octanol–water partition coefficient (Wildman–Crippen LogP) is 6.05. The van der Waals surface area contributed by atoms with E-state index in [9.17, 15) is 8.42 Å². The third-order valence-corrected chi connectivity index (χ3v) is 9.97. The number of likely N-dealkylation sites (N-methyl/N-ethyl adjacent to an activating group) is 1. The van der Waals surface area contributed by atoms with Crippen molar-refractivity contribution in [2.45, 2.75) is 37.0 Å². The Morgan fingerprint density at radius 2 is 1.49 bits per heavy atom. The molecule has 0 unspecified atom stereocenters. The highest BCUT2D eigenvalue weighted by Gasteiger charge is 2.24. The number of nitrogens with one attached hydrogen (secondary N) is 2. The standard InChI is InChI=1S/C34H38N6O2S/c1-40(22-20-28-11-6-7-21-35-28)33-30-13-4-5-14-31(30)38-34(39-33)36-23-25-16-18-26(19-17-25)24-37-43(41,42)32-15-8-10-27-9-2-3-12-29(27)32/h2-15,21,25-26,37H,16-20,22-24H2,1H3,(H,36,38,39)/t25-,26-.